The second-order valence-corrected chi connectivity index (χ2v) is 7.90. The van der Waals surface area contributed by atoms with Crippen molar-refractivity contribution < 1.29 is 19.0 Å². The number of aromatic nitrogens is 3. The van der Waals surface area contributed by atoms with Gasteiger partial charge in [0.05, 0.1) is 31.6 Å². The minimum atomic E-state index is -0.505. The van der Waals surface area contributed by atoms with Gasteiger partial charge in [-0.3, -0.25) is 4.79 Å². The average molecular weight is 447 g/mol. The molecule has 0 bridgehead atoms. The maximum Gasteiger partial charge on any atom is 0.255 e. The Morgan fingerprint density at radius 1 is 1.15 bits per heavy atom. The lowest BCUT2D eigenvalue weighted by Crippen LogP contribution is -2.31. The molecule has 3 heterocycles. The van der Waals surface area contributed by atoms with E-state index in [4.69, 9.17) is 14.2 Å². The number of rotatable bonds is 4. The van der Waals surface area contributed by atoms with E-state index >= 15 is 0 Å². The third-order valence-electron chi connectivity index (χ3n) is 5.65. The first-order valence-electron chi connectivity index (χ1n) is 10.8. The second kappa shape index (κ2) is 8.50. The van der Waals surface area contributed by atoms with E-state index in [1.807, 2.05) is 44.2 Å². The first kappa shape index (κ1) is 20.9. The van der Waals surface area contributed by atoms with Gasteiger partial charge in [0.25, 0.3) is 5.91 Å². The summed E-state index contributed by atoms with van der Waals surface area (Å²) >= 11 is 0. The highest BCUT2D eigenvalue weighted by Crippen LogP contribution is 2.40. The number of nitrogens with one attached hydrogen (secondary N) is 2. The molecule has 1 aromatic heterocycles. The second-order valence-electron chi connectivity index (χ2n) is 7.90. The molecule has 1 atom stereocenters. The Morgan fingerprint density at radius 2 is 1.94 bits per heavy atom. The van der Waals surface area contributed by atoms with E-state index in [1.54, 1.807) is 23.9 Å². The lowest BCUT2D eigenvalue weighted by molar-refractivity contribution is -0.113. The first-order valence-corrected chi connectivity index (χ1v) is 10.8. The number of methoxy groups -OCH3 is 1. The summed E-state index contributed by atoms with van der Waals surface area (Å²) in [6, 6.07) is 12.5. The van der Waals surface area contributed by atoms with Crippen LogP contribution < -0.4 is 24.8 Å². The molecule has 9 heteroatoms. The average Bonchev–Trinajstić information content (AvgIpc) is 3.02. The number of allylic oxidation sites excluding steroid dienone is 1. The van der Waals surface area contributed by atoms with Crippen molar-refractivity contribution in [3.8, 4) is 17.2 Å². The molecule has 3 aromatic rings. The van der Waals surface area contributed by atoms with Crippen molar-refractivity contribution in [3.05, 3.63) is 65.1 Å². The lowest BCUT2D eigenvalue weighted by Gasteiger charge is -2.29. The number of hydrogen-bond acceptors (Lipinski definition) is 7. The maximum absolute atomic E-state index is 13.6. The van der Waals surface area contributed by atoms with Gasteiger partial charge in [0.1, 0.15) is 17.6 Å². The fourth-order valence-corrected chi connectivity index (χ4v) is 4.15. The van der Waals surface area contributed by atoms with Gasteiger partial charge in [-0.2, -0.15) is 10.1 Å². The van der Waals surface area contributed by atoms with E-state index in [2.05, 4.69) is 20.7 Å². The smallest absolute Gasteiger partial charge is 0.255 e. The Kier molecular flexibility index (Phi) is 5.37. The zero-order valence-corrected chi connectivity index (χ0v) is 18.7. The lowest BCUT2D eigenvalue weighted by atomic mass is 9.94. The number of anilines is 2. The Labute approximate surface area is 191 Å². The summed E-state index contributed by atoms with van der Waals surface area (Å²) in [5, 5.41) is 10.8. The van der Waals surface area contributed by atoms with Gasteiger partial charge in [0.15, 0.2) is 11.5 Å². The minimum absolute atomic E-state index is 0.264. The van der Waals surface area contributed by atoms with E-state index in [0.717, 1.165) is 12.0 Å². The van der Waals surface area contributed by atoms with Crippen molar-refractivity contribution in [2.45, 2.75) is 26.3 Å². The molecule has 0 saturated heterocycles. The van der Waals surface area contributed by atoms with Crippen molar-refractivity contribution >= 4 is 17.5 Å². The van der Waals surface area contributed by atoms with E-state index in [9.17, 15) is 4.79 Å². The highest BCUT2D eigenvalue weighted by molar-refractivity contribution is 6.06. The summed E-state index contributed by atoms with van der Waals surface area (Å²) in [6.07, 6.45) is 0.815. The molecule has 0 saturated carbocycles. The van der Waals surface area contributed by atoms with Crippen LogP contribution in [-0.4, -0.2) is 41.0 Å². The van der Waals surface area contributed by atoms with Crippen LogP contribution in [0.4, 0.5) is 11.6 Å². The third kappa shape index (κ3) is 3.86. The molecular weight excluding hydrogens is 422 g/mol. The van der Waals surface area contributed by atoms with Crippen molar-refractivity contribution in [3.63, 3.8) is 0 Å². The van der Waals surface area contributed by atoms with Crippen LogP contribution in [0, 0.1) is 6.92 Å². The van der Waals surface area contributed by atoms with Crippen LogP contribution in [0.15, 0.2) is 53.7 Å². The standard InChI is InChI=1S/C24H25N5O4/c1-14-21(23(30)27-17-7-4-5-8-18(17)31-3)22(29-24(25-14)26-15(2)28-29)16-9-10-19-20(13-16)33-12-6-11-32-19/h4-5,7-10,13,22H,6,11-12H2,1-3H3,(H,27,30)(H,25,26,28). The quantitative estimate of drug-likeness (QED) is 0.629. The fourth-order valence-electron chi connectivity index (χ4n) is 4.15. The number of hydrogen-bond donors (Lipinski definition) is 2. The number of aryl methyl sites for hydroxylation is 1. The molecule has 1 amide bonds. The molecule has 1 unspecified atom stereocenters. The van der Waals surface area contributed by atoms with Crippen molar-refractivity contribution in [2.24, 2.45) is 0 Å². The van der Waals surface area contributed by atoms with Crippen molar-refractivity contribution in [1.29, 1.82) is 0 Å². The van der Waals surface area contributed by atoms with Gasteiger partial charge in [-0.1, -0.05) is 18.2 Å². The predicted octanol–water partition coefficient (Wildman–Crippen LogP) is 3.68. The summed E-state index contributed by atoms with van der Waals surface area (Å²) < 4.78 is 18.8. The Hall–Kier alpha value is -4.01. The Balaban J connectivity index is 1.58. The number of carbonyl (C=O) groups excluding carboxylic acids is 1. The highest BCUT2D eigenvalue weighted by Gasteiger charge is 2.35. The van der Waals surface area contributed by atoms with Gasteiger partial charge in [-0.15, -0.1) is 0 Å². The number of nitrogens with zero attached hydrogens (tertiary/aromatic N) is 3. The summed E-state index contributed by atoms with van der Waals surface area (Å²) in [5.41, 5.74) is 2.65. The normalized spacial score (nSPS) is 17.0. The molecule has 2 aliphatic heterocycles. The van der Waals surface area contributed by atoms with Gasteiger partial charge < -0.3 is 24.8 Å². The van der Waals surface area contributed by atoms with Crippen LogP contribution in [0.2, 0.25) is 0 Å². The van der Waals surface area contributed by atoms with Crippen LogP contribution in [0.1, 0.15) is 30.8 Å². The number of fused-ring (bicyclic) bond motifs is 2. The van der Waals surface area contributed by atoms with Crippen LogP contribution >= 0.6 is 0 Å². The summed E-state index contributed by atoms with van der Waals surface area (Å²) in [5.74, 6) is 2.86. The molecule has 170 valence electrons. The van der Waals surface area contributed by atoms with E-state index < -0.39 is 6.04 Å². The van der Waals surface area contributed by atoms with Gasteiger partial charge >= 0.3 is 0 Å². The summed E-state index contributed by atoms with van der Waals surface area (Å²) in [6.45, 7) is 4.87. The summed E-state index contributed by atoms with van der Waals surface area (Å²) in [7, 11) is 1.57. The predicted molar refractivity (Wildman–Crippen MR) is 123 cm³/mol. The van der Waals surface area contributed by atoms with Crippen LogP contribution in [0.3, 0.4) is 0 Å². The topological polar surface area (TPSA) is 99.5 Å². The Bertz CT molecular complexity index is 1250. The zero-order valence-electron chi connectivity index (χ0n) is 18.7. The number of benzene rings is 2. The monoisotopic (exact) mass is 447 g/mol. The number of carbonyl (C=O) groups is 1. The van der Waals surface area contributed by atoms with E-state index in [-0.39, 0.29) is 5.91 Å². The molecule has 0 spiro atoms. The van der Waals surface area contributed by atoms with Gasteiger partial charge in [0.2, 0.25) is 5.95 Å². The summed E-state index contributed by atoms with van der Waals surface area (Å²) in [4.78, 5) is 18.1. The Morgan fingerprint density at radius 3 is 2.76 bits per heavy atom. The molecule has 9 nitrogen and oxygen atoms in total. The molecule has 0 fully saturated rings. The maximum atomic E-state index is 13.6. The highest BCUT2D eigenvalue weighted by atomic mass is 16.5. The van der Waals surface area contributed by atoms with Gasteiger partial charge in [-0.25, -0.2) is 4.68 Å². The number of ether oxygens (including phenoxy) is 3. The van der Waals surface area contributed by atoms with Gasteiger partial charge in [0, 0.05) is 12.1 Å². The first-order chi connectivity index (χ1) is 16.0. The minimum Gasteiger partial charge on any atom is -0.495 e. The SMILES string of the molecule is COc1ccccc1NC(=O)C1=C(C)Nc2nc(C)nn2C1c1ccc2c(c1)OCCCO2. The number of amides is 1. The van der Waals surface area contributed by atoms with Crippen molar-refractivity contribution in [2.75, 3.05) is 31.0 Å². The third-order valence-corrected chi connectivity index (χ3v) is 5.65. The molecule has 2 aliphatic rings. The largest absolute Gasteiger partial charge is 0.495 e. The molecule has 2 N–H and O–H groups in total. The van der Waals surface area contributed by atoms with E-state index in [1.165, 1.54) is 0 Å². The van der Waals surface area contributed by atoms with Gasteiger partial charge in [-0.05, 0) is 43.7 Å². The fraction of sp³-hybridized carbons (Fsp3) is 0.292. The molecule has 0 aliphatic carbocycles. The van der Waals surface area contributed by atoms with Crippen LogP contribution in [0.5, 0.6) is 17.2 Å². The molecule has 33 heavy (non-hydrogen) atoms. The molecular formula is C24H25N5O4. The molecule has 2 aromatic carbocycles. The molecule has 0 radical (unpaired) electrons. The zero-order chi connectivity index (χ0) is 22.9. The van der Waals surface area contributed by atoms with Crippen LogP contribution in [0.25, 0.3) is 0 Å². The van der Waals surface area contributed by atoms with E-state index in [0.29, 0.717) is 59.2 Å². The molecule has 5 rings (SSSR count). The number of para-hydroxylation sites is 2. The van der Waals surface area contributed by atoms with Crippen molar-refractivity contribution in [1.82, 2.24) is 14.8 Å². The van der Waals surface area contributed by atoms with Crippen LogP contribution in [-0.2, 0) is 4.79 Å².